The van der Waals surface area contributed by atoms with E-state index in [1.807, 2.05) is 6.92 Å². The molecule has 1 aromatic rings. The lowest BCUT2D eigenvalue weighted by molar-refractivity contribution is 0.0524. The number of hydrogen-bond donors (Lipinski definition) is 0. The van der Waals surface area contributed by atoms with Gasteiger partial charge in [0.1, 0.15) is 0 Å². The second-order valence-electron chi connectivity index (χ2n) is 5.40. The number of aromatic nitrogens is 2. The summed E-state index contributed by atoms with van der Waals surface area (Å²) in [6.45, 7) is 6.28. The highest BCUT2D eigenvalue weighted by Gasteiger charge is 2.18. The van der Waals surface area contributed by atoms with Crippen molar-refractivity contribution < 1.29 is 9.53 Å². The third-order valence-corrected chi connectivity index (χ3v) is 3.73. The second kappa shape index (κ2) is 7.96. The highest BCUT2D eigenvalue weighted by Crippen LogP contribution is 2.18. The molecule has 0 aliphatic carbocycles. The van der Waals surface area contributed by atoms with Crippen LogP contribution in [0.25, 0.3) is 0 Å². The first-order chi connectivity index (χ1) is 10.3. The topological polar surface area (TPSA) is 55.3 Å². The maximum absolute atomic E-state index is 12.0. The SMILES string of the molecule is CCCc1nc(N2CCCCCC2)ncc1C(=O)OCC. The molecule has 0 spiro atoms. The Bertz CT molecular complexity index is 469. The van der Waals surface area contributed by atoms with Crippen LogP contribution < -0.4 is 4.90 Å². The molecule has 0 amide bonds. The van der Waals surface area contributed by atoms with E-state index in [0.29, 0.717) is 12.2 Å². The van der Waals surface area contributed by atoms with Gasteiger partial charge in [0.05, 0.1) is 17.9 Å². The molecule has 21 heavy (non-hydrogen) atoms. The lowest BCUT2D eigenvalue weighted by atomic mass is 10.1. The summed E-state index contributed by atoms with van der Waals surface area (Å²) in [5.41, 5.74) is 1.32. The van der Waals surface area contributed by atoms with Crippen molar-refractivity contribution in [2.24, 2.45) is 0 Å². The fraction of sp³-hybridized carbons (Fsp3) is 0.688. The summed E-state index contributed by atoms with van der Waals surface area (Å²) in [4.78, 5) is 23.3. The average molecular weight is 291 g/mol. The largest absolute Gasteiger partial charge is 0.462 e. The van der Waals surface area contributed by atoms with Crippen LogP contribution in [0.4, 0.5) is 5.95 Å². The van der Waals surface area contributed by atoms with Gasteiger partial charge in [-0.15, -0.1) is 0 Å². The van der Waals surface area contributed by atoms with Crippen LogP contribution in [0.15, 0.2) is 6.20 Å². The van der Waals surface area contributed by atoms with Gasteiger partial charge in [-0.1, -0.05) is 26.2 Å². The Hall–Kier alpha value is -1.65. The summed E-state index contributed by atoms with van der Waals surface area (Å²) in [5.74, 6) is 0.441. The molecule has 2 heterocycles. The molecule has 5 nitrogen and oxygen atoms in total. The first kappa shape index (κ1) is 15.7. The monoisotopic (exact) mass is 291 g/mol. The van der Waals surface area contributed by atoms with Gasteiger partial charge in [0.25, 0.3) is 0 Å². The number of rotatable bonds is 5. The van der Waals surface area contributed by atoms with Crippen molar-refractivity contribution >= 4 is 11.9 Å². The van der Waals surface area contributed by atoms with E-state index in [9.17, 15) is 4.79 Å². The van der Waals surface area contributed by atoms with E-state index in [4.69, 9.17) is 4.74 Å². The Morgan fingerprint density at radius 2 is 1.95 bits per heavy atom. The average Bonchev–Trinajstić information content (AvgIpc) is 2.77. The Morgan fingerprint density at radius 1 is 1.24 bits per heavy atom. The van der Waals surface area contributed by atoms with Gasteiger partial charge in [0.15, 0.2) is 0 Å². The van der Waals surface area contributed by atoms with Crippen molar-refractivity contribution in [1.29, 1.82) is 0 Å². The fourth-order valence-electron chi connectivity index (χ4n) is 2.64. The van der Waals surface area contributed by atoms with E-state index < -0.39 is 0 Å². The van der Waals surface area contributed by atoms with Crippen molar-refractivity contribution in [2.45, 2.75) is 52.4 Å². The molecule has 0 atom stereocenters. The van der Waals surface area contributed by atoms with Gasteiger partial charge in [-0.05, 0) is 26.2 Å². The molecular weight excluding hydrogens is 266 g/mol. The summed E-state index contributed by atoms with van der Waals surface area (Å²) in [6.07, 6.45) is 8.28. The van der Waals surface area contributed by atoms with Crippen molar-refractivity contribution in [1.82, 2.24) is 9.97 Å². The minimum Gasteiger partial charge on any atom is -0.462 e. The highest BCUT2D eigenvalue weighted by molar-refractivity contribution is 5.90. The lowest BCUT2D eigenvalue weighted by Gasteiger charge is -2.21. The summed E-state index contributed by atoms with van der Waals surface area (Å²) in [5, 5.41) is 0. The maximum Gasteiger partial charge on any atom is 0.341 e. The Kier molecular flexibility index (Phi) is 5.96. The number of carbonyl (C=O) groups excluding carboxylic acids is 1. The lowest BCUT2D eigenvalue weighted by Crippen LogP contribution is -2.27. The van der Waals surface area contributed by atoms with Crippen LogP contribution in [0.3, 0.4) is 0 Å². The Balaban J connectivity index is 2.23. The number of anilines is 1. The van der Waals surface area contributed by atoms with Crippen molar-refractivity contribution in [3.63, 3.8) is 0 Å². The zero-order valence-corrected chi connectivity index (χ0v) is 13.1. The van der Waals surface area contributed by atoms with Crippen molar-refractivity contribution in [2.75, 3.05) is 24.6 Å². The molecule has 0 bridgehead atoms. The predicted octanol–water partition coefficient (Wildman–Crippen LogP) is 2.99. The number of hydrogen-bond acceptors (Lipinski definition) is 5. The van der Waals surface area contributed by atoms with Gasteiger partial charge in [-0.25, -0.2) is 14.8 Å². The number of ether oxygens (including phenoxy) is 1. The molecule has 1 aromatic heterocycles. The molecule has 1 saturated heterocycles. The van der Waals surface area contributed by atoms with Gasteiger partial charge in [-0.3, -0.25) is 0 Å². The molecule has 2 rings (SSSR count). The van der Waals surface area contributed by atoms with E-state index >= 15 is 0 Å². The summed E-state index contributed by atoms with van der Waals surface area (Å²) >= 11 is 0. The number of carbonyl (C=O) groups is 1. The van der Waals surface area contributed by atoms with E-state index in [-0.39, 0.29) is 5.97 Å². The summed E-state index contributed by atoms with van der Waals surface area (Å²) in [6, 6.07) is 0. The first-order valence-corrected chi connectivity index (χ1v) is 8.04. The van der Waals surface area contributed by atoms with Gasteiger partial charge < -0.3 is 9.64 Å². The molecular formula is C16H25N3O2. The molecule has 0 saturated carbocycles. The van der Waals surface area contributed by atoms with Crippen LogP contribution in [0, 0.1) is 0 Å². The van der Waals surface area contributed by atoms with Crippen LogP contribution in [-0.4, -0.2) is 35.6 Å². The smallest absolute Gasteiger partial charge is 0.341 e. The fourth-order valence-corrected chi connectivity index (χ4v) is 2.64. The van der Waals surface area contributed by atoms with E-state index in [1.165, 1.54) is 25.7 Å². The van der Waals surface area contributed by atoms with Crippen LogP contribution in [0.5, 0.6) is 0 Å². The molecule has 5 heteroatoms. The van der Waals surface area contributed by atoms with Crippen LogP contribution in [0.2, 0.25) is 0 Å². The number of esters is 1. The van der Waals surface area contributed by atoms with Crippen LogP contribution in [0.1, 0.15) is 62.0 Å². The van der Waals surface area contributed by atoms with E-state index in [1.54, 1.807) is 6.20 Å². The zero-order valence-electron chi connectivity index (χ0n) is 13.1. The molecule has 0 radical (unpaired) electrons. The number of nitrogens with zero attached hydrogens (tertiary/aromatic N) is 3. The van der Waals surface area contributed by atoms with Crippen LogP contribution in [-0.2, 0) is 11.2 Å². The molecule has 0 unspecified atom stereocenters. The maximum atomic E-state index is 12.0. The molecule has 1 aliphatic rings. The molecule has 0 aromatic carbocycles. The standard InChI is InChI=1S/C16H25N3O2/c1-3-9-14-13(15(20)21-4-2)12-17-16(18-14)19-10-7-5-6-8-11-19/h12H,3-11H2,1-2H3. The zero-order chi connectivity index (χ0) is 15.1. The third-order valence-electron chi connectivity index (χ3n) is 3.73. The van der Waals surface area contributed by atoms with Gasteiger partial charge in [0, 0.05) is 19.3 Å². The molecule has 116 valence electrons. The van der Waals surface area contributed by atoms with E-state index in [0.717, 1.165) is 37.6 Å². The molecule has 1 fully saturated rings. The summed E-state index contributed by atoms with van der Waals surface area (Å²) in [7, 11) is 0. The third kappa shape index (κ3) is 4.16. The van der Waals surface area contributed by atoms with Crippen LogP contribution >= 0.6 is 0 Å². The number of aryl methyl sites for hydroxylation is 1. The van der Waals surface area contributed by atoms with Crippen molar-refractivity contribution in [3.8, 4) is 0 Å². The highest BCUT2D eigenvalue weighted by atomic mass is 16.5. The summed E-state index contributed by atoms with van der Waals surface area (Å²) < 4.78 is 5.09. The second-order valence-corrected chi connectivity index (χ2v) is 5.40. The minimum absolute atomic E-state index is 0.316. The molecule has 0 N–H and O–H groups in total. The van der Waals surface area contributed by atoms with Gasteiger partial charge in [-0.2, -0.15) is 0 Å². The predicted molar refractivity (Wildman–Crippen MR) is 82.7 cm³/mol. The molecule has 1 aliphatic heterocycles. The first-order valence-electron chi connectivity index (χ1n) is 8.04. The van der Waals surface area contributed by atoms with E-state index in [2.05, 4.69) is 21.8 Å². The normalized spacial score (nSPS) is 15.6. The van der Waals surface area contributed by atoms with Gasteiger partial charge in [0.2, 0.25) is 5.95 Å². The Morgan fingerprint density at radius 3 is 2.57 bits per heavy atom. The minimum atomic E-state index is -0.316. The quantitative estimate of drug-likeness (QED) is 0.781. The van der Waals surface area contributed by atoms with Crippen molar-refractivity contribution in [3.05, 3.63) is 17.5 Å². The van der Waals surface area contributed by atoms with Gasteiger partial charge >= 0.3 is 5.97 Å². The Labute approximate surface area is 126 Å².